The number of fused-ring (bicyclic) bond motifs is 1. The number of hydrogen-bond donors (Lipinski definition) is 1. The Labute approximate surface area is 164 Å². The molecular formula is C21H25N5O2. The molecule has 1 amide bonds. The number of aryl methyl sites for hydroxylation is 1. The van der Waals surface area contributed by atoms with Gasteiger partial charge in [0.2, 0.25) is 0 Å². The molecule has 1 N–H and O–H groups in total. The maximum absolute atomic E-state index is 11.8. The molecule has 7 heteroatoms. The Morgan fingerprint density at radius 2 is 1.96 bits per heavy atom. The standard InChI is InChI=1S/C21H25N5O2/c1-14-11-17-18(13-23-21(17)27)24-20(14)26-9-5-15(6-10-26)28-16-3-4-19(22-12-16)25-7-2-8-25/h3-4,11-12,15H,2,5-10,13H2,1H3,(H,23,27). The van der Waals surface area contributed by atoms with E-state index in [-0.39, 0.29) is 12.0 Å². The summed E-state index contributed by atoms with van der Waals surface area (Å²) in [5, 5.41) is 2.85. The van der Waals surface area contributed by atoms with Crippen LogP contribution in [-0.4, -0.2) is 48.2 Å². The predicted molar refractivity (Wildman–Crippen MR) is 107 cm³/mol. The molecule has 0 spiro atoms. The van der Waals surface area contributed by atoms with Crippen molar-refractivity contribution in [1.29, 1.82) is 0 Å². The molecule has 28 heavy (non-hydrogen) atoms. The van der Waals surface area contributed by atoms with Crippen molar-refractivity contribution in [3.8, 4) is 5.75 Å². The van der Waals surface area contributed by atoms with Crippen LogP contribution in [0.25, 0.3) is 0 Å². The highest BCUT2D eigenvalue weighted by atomic mass is 16.5. The van der Waals surface area contributed by atoms with Crippen LogP contribution >= 0.6 is 0 Å². The number of hydrogen-bond acceptors (Lipinski definition) is 6. The lowest BCUT2D eigenvalue weighted by Gasteiger charge is -2.34. The molecule has 0 atom stereocenters. The Hall–Kier alpha value is -2.83. The van der Waals surface area contributed by atoms with Crippen molar-refractivity contribution < 1.29 is 9.53 Å². The van der Waals surface area contributed by atoms with Crippen molar-refractivity contribution in [3.63, 3.8) is 0 Å². The first-order valence-corrected chi connectivity index (χ1v) is 10.1. The average Bonchev–Trinajstić information content (AvgIpc) is 3.02. The number of amides is 1. The van der Waals surface area contributed by atoms with Crippen LogP contribution in [-0.2, 0) is 6.54 Å². The number of carbonyl (C=O) groups is 1. The van der Waals surface area contributed by atoms with Gasteiger partial charge in [0.15, 0.2) is 0 Å². The third kappa shape index (κ3) is 3.15. The van der Waals surface area contributed by atoms with E-state index in [0.29, 0.717) is 12.1 Å². The summed E-state index contributed by atoms with van der Waals surface area (Å²) in [6.07, 6.45) is 5.19. The van der Waals surface area contributed by atoms with Crippen LogP contribution in [0.15, 0.2) is 24.4 Å². The molecule has 2 aromatic rings. The third-order valence-corrected chi connectivity index (χ3v) is 5.87. The maximum atomic E-state index is 11.8. The molecule has 0 saturated carbocycles. The SMILES string of the molecule is Cc1cc2c(nc1N1CCC(Oc3ccc(N4CCC4)nc3)CC1)CNC2=O. The van der Waals surface area contributed by atoms with E-state index in [2.05, 4.69) is 26.2 Å². The lowest BCUT2D eigenvalue weighted by atomic mass is 10.1. The number of anilines is 2. The Morgan fingerprint density at radius 3 is 2.64 bits per heavy atom. The molecule has 5 heterocycles. The van der Waals surface area contributed by atoms with Crippen LogP contribution in [0.4, 0.5) is 11.6 Å². The molecule has 0 aromatic carbocycles. The van der Waals surface area contributed by atoms with E-state index in [9.17, 15) is 4.79 Å². The summed E-state index contributed by atoms with van der Waals surface area (Å²) in [5.74, 6) is 2.87. The van der Waals surface area contributed by atoms with Gasteiger partial charge in [-0.3, -0.25) is 4.79 Å². The molecule has 0 aliphatic carbocycles. The van der Waals surface area contributed by atoms with E-state index in [1.54, 1.807) is 0 Å². The van der Waals surface area contributed by atoms with Gasteiger partial charge >= 0.3 is 0 Å². The van der Waals surface area contributed by atoms with Gasteiger partial charge in [0.05, 0.1) is 24.0 Å². The smallest absolute Gasteiger partial charge is 0.253 e. The minimum absolute atomic E-state index is 0.0157. The van der Waals surface area contributed by atoms with E-state index in [0.717, 1.165) is 67.7 Å². The first-order valence-electron chi connectivity index (χ1n) is 10.1. The Bertz CT molecular complexity index is 886. The third-order valence-electron chi connectivity index (χ3n) is 5.87. The van der Waals surface area contributed by atoms with Gasteiger partial charge in [-0.1, -0.05) is 0 Å². The summed E-state index contributed by atoms with van der Waals surface area (Å²) in [6, 6.07) is 6.05. The molecule has 0 radical (unpaired) electrons. The zero-order valence-corrected chi connectivity index (χ0v) is 16.1. The maximum Gasteiger partial charge on any atom is 0.253 e. The number of nitrogens with one attached hydrogen (secondary N) is 1. The fourth-order valence-corrected chi connectivity index (χ4v) is 4.10. The highest BCUT2D eigenvalue weighted by Gasteiger charge is 2.26. The van der Waals surface area contributed by atoms with E-state index < -0.39 is 0 Å². The monoisotopic (exact) mass is 379 g/mol. The average molecular weight is 379 g/mol. The van der Waals surface area contributed by atoms with E-state index in [1.165, 1.54) is 6.42 Å². The summed E-state index contributed by atoms with van der Waals surface area (Å²) in [7, 11) is 0. The van der Waals surface area contributed by atoms with Crippen molar-refractivity contribution in [1.82, 2.24) is 15.3 Å². The van der Waals surface area contributed by atoms with Crippen LogP contribution in [0.5, 0.6) is 5.75 Å². The number of pyridine rings is 2. The van der Waals surface area contributed by atoms with E-state index >= 15 is 0 Å². The van der Waals surface area contributed by atoms with Gasteiger partial charge in [0, 0.05) is 39.0 Å². The van der Waals surface area contributed by atoms with Gasteiger partial charge < -0.3 is 19.9 Å². The van der Waals surface area contributed by atoms with Crippen molar-refractivity contribution in [2.75, 3.05) is 36.0 Å². The second kappa shape index (κ2) is 6.96. The van der Waals surface area contributed by atoms with Gasteiger partial charge in [-0.25, -0.2) is 9.97 Å². The van der Waals surface area contributed by atoms with Gasteiger partial charge in [-0.2, -0.15) is 0 Å². The van der Waals surface area contributed by atoms with Crippen LogP contribution in [0.1, 0.15) is 40.9 Å². The summed E-state index contributed by atoms with van der Waals surface area (Å²) >= 11 is 0. The Balaban J connectivity index is 1.20. The molecule has 146 valence electrons. The zero-order chi connectivity index (χ0) is 19.1. The number of rotatable bonds is 4. The Morgan fingerprint density at radius 1 is 1.14 bits per heavy atom. The van der Waals surface area contributed by atoms with Crippen LogP contribution in [0.3, 0.4) is 0 Å². The molecule has 3 aliphatic heterocycles. The molecule has 7 nitrogen and oxygen atoms in total. The minimum atomic E-state index is -0.0157. The first-order chi connectivity index (χ1) is 13.7. The highest BCUT2D eigenvalue weighted by molar-refractivity contribution is 5.98. The highest BCUT2D eigenvalue weighted by Crippen LogP contribution is 2.28. The molecule has 2 saturated heterocycles. The summed E-state index contributed by atoms with van der Waals surface area (Å²) in [4.78, 5) is 25.7. The molecule has 0 unspecified atom stereocenters. The van der Waals surface area contributed by atoms with Crippen LogP contribution in [0.2, 0.25) is 0 Å². The number of nitrogens with zero attached hydrogens (tertiary/aromatic N) is 4. The summed E-state index contributed by atoms with van der Waals surface area (Å²) in [5.41, 5.74) is 2.63. The second-order valence-electron chi connectivity index (χ2n) is 7.80. The molecule has 2 aromatic heterocycles. The number of carbonyl (C=O) groups excluding carboxylic acids is 1. The molecule has 2 fully saturated rings. The predicted octanol–water partition coefficient (Wildman–Crippen LogP) is 2.29. The van der Waals surface area contributed by atoms with E-state index in [1.807, 2.05) is 25.3 Å². The van der Waals surface area contributed by atoms with Crippen molar-refractivity contribution in [2.45, 2.75) is 38.8 Å². The van der Waals surface area contributed by atoms with Gasteiger partial charge in [-0.15, -0.1) is 0 Å². The summed E-state index contributed by atoms with van der Waals surface area (Å²) < 4.78 is 6.16. The van der Waals surface area contributed by atoms with Crippen molar-refractivity contribution >= 4 is 17.5 Å². The number of aromatic nitrogens is 2. The fraction of sp³-hybridized carbons (Fsp3) is 0.476. The fourth-order valence-electron chi connectivity index (χ4n) is 4.10. The number of ether oxygens (including phenoxy) is 1. The van der Waals surface area contributed by atoms with Gasteiger partial charge in [0.1, 0.15) is 23.5 Å². The van der Waals surface area contributed by atoms with Crippen molar-refractivity contribution in [3.05, 3.63) is 41.2 Å². The molecular weight excluding hydrogens is 354 g/mol. The quantitative estimate of drug-likeness (QED) is 0.879. The first kappa shape index (κ1) is 17.3. The Kier molecular flexibility index (Phi) is 4.30. The summed E-state index contributed by atoms with van der Waals surface area (Å²) in [6.45, 7) is 6.57. The van der Waals surface area contributed by atoms with Gasteiger partial charge in [0.25, 0.3) is 5.91 Å². The van der Waals surface area contributed by atoms with Crippen molar-refractivity contribution in [2.24, 2.45) is 0 Å². The molecule has 0 bridgehead atoms. The van der Waals surface area contributed by atoms with E-state index in [4.69, 9.17) is 9.72 Å². The lowest BCUT2D eigenvalue weighted by Crippen LogP contribution is -2.39. The van der Waals surface area contributed by atoms with Crippen LogP contribution in [0, 0.1) is 6.92 Å². The topological polar surface area (TPSA) is 70.6 Å². The largest absolute Gasteiger partial charge is 0.489 e. The normalized spacial score (nSPS) is 19.2. The minimum Gasteiger partial charge on any atom is -0.489 e. The zero-order valence-electron chi connectivity index (χ0n) is 16.1. The van der Waals surface area contributed by atoms with Gasteiger partial charge in [-0.05, 0) is 37.1 Å². The second-order valence-corrected chi connectivity index (χ2v) is 7.80. The molecule has 3 aliphatic rings. The number of piperidine rings is 1. The van der Waals surface area contributed by atoms with Crippen LogP contribution < -0.4 is 19.9 Å². The lowest BCUT2D eigenvalue weighted by molar-refractivity contribution is 0.0965. The molecule has 5 rings (SSSR count).